The first kappa shape index (κ1) is 18.7. The summed E-state index contributed by atoms with van der Waals surface area (Å²) >= 11 is 0. The summed E-state index contributed by atoms with van der Waals surface area (Å²) in [4.78, 5) is 25.3. The van der Waals surface area contributed by atoms with Crippen molar-refractivity contribution in [3.05, 3.63) is 59.9 Å². The van der Waals surface area contributed by atoms with Gasteiger partial charge in [-0.3, -0.25) is 4.79 Å². The summed E-state index contributed by atoms with van der Waals surface area (Å²) in [5, 5.41) is 12.5. The minimum absolute atomic E-state index is 0.00747. The van der Waals surface area contributed by atoms with Gasteiger partial charge in [0.1, 0.15) is 5.56 Å². The van der Waals surface area contributed by atoms with Crippen LogP contribution in [0.4, 0.5) is 13.2 Å². The summed E-state index contributed by atoms with van der Waals surface area (Å²) in [6.45, 7) is 4.02. The van der Waals surface area contributed by atoms with Crippen LogP contribution >= 0.6 is 0 Å². The van der Waals surface area contributed by atoms with Crippen molar-refractivity contribution in [3.8, 4) is 5.69 Å². The van der Waals surface area contributed by atoms with Crippen LogP contribution in [0.2, 0.25) is 0 Å². The number of carbonyl (C=O) groups is 2. The van der Waals surface area contributed by atoms with Gasteiger partial charge in [-0.1, -0.05) is 6.08 Å². The van der Waals surface area contributed by atoms with Gasteiger partial charge in [-0.15, -0.1) is 6.58 Å². The van der Waals surface area contributed by atoms with E-state index in [1.165, 1.54) is 24.3 Å². The Morgan fingerprint density at radius 2 is 1.93 bits per heavy atom. The summed E-state index contributed by atoms with van der Waals surface area (Å²) in [7, 11) is 0. The Morgan fingerprint density at radius 3 is 2.41 bits per heavy atom. The number of carboxylic acid groups (broad SMARTS) is 1. The van der Waals surface area contributed by atoms with Gasteiger partial charge in [0, 0.05) is 18.2 Å². The molecule has 6 nitrogen and oxygen atoms in total. The van der Waals surface area contributed by atoms with Crippen LogP contribution in [-0.4, -0.2) is 44.3 Å². The Morgan fingerprint density at radius 1 is 1.30 bits per heavy atom. The largest absolute Gasteiger partial charge is 0.478 e. The highest BCUT2D eigenvalue weighted by atomic mass is 19.4. The molecular formula is C18H16F3N3O3. The lowest BCUT2D eigenvalue weighted by Gasteiger charge is -2.21. The predicted octanol–water partition coefficient (Wildman–Crippen LogP) is 3.38. The molecule has 1 aliphatic carbocycles. The van der Waals surface area contributed by atoms with Crippen LogP contribution in [-0.2, 0) is 6.18 Å². The molecule has 0 saturated heterocycles. The first-order valence-corrected chi connectivity index (χ1v) is 8.15. The van der Waals surface area contributed by atoms with Crippen molar-refractivity contribution in [2.45, 2.75) is 25.1 Å². The average Bonchev–Trinajstić information content (AvgIpc) is 3.34. The van der Waals surface area contributed by atoms with Crippen molar-refractivity contribution in [2.24, 2.45) is 0 Å². The Labute approximate surface area is 152 Å². The third kappa shape index (κ3) is 3.71. The zero-order valence-electron chi connectivity index (χ0n) is 14.1. The maximum absolute atomic E-state index is 13.3. The number of aromatic carboxylic acids is 1. The summed E-state index contributed by atoms with van der Waals surface area (Å²) < 4.78 is 40.4. The molecule has 1 heterocycles. The smallest absolute Gasteiger partial charge is 0.434 e. The van der Waals surface area contributed by atoms with E-state index in [2.05, 4.69) is 11.7 Å². The summed E-state index contributed by atoms with van der Waals surface area (Å²) in [5.41, 5.74) is -1.98. The zero-order valence-corrected chi connectivity index (χ0v) is 14.1. The van der Waals surface area contributed by atoms with Crippen molar-refractivity contribution in [1.82, 2.24) is 14.7 Å². The molecule has 0 bridgehead atoms. The molecule has 1 saturated carbocycles. The van der Waals surface area contributed by atoms with Crippen LogP contribution in [0.3, 0.4) is 0 Å². The molecule has 0 radical (unpaired) electrons. The maximum atomic E-state index is 13.3. The van der Waals surface area contributed by atoms with Crippen LogP contribution in [0.15, 0.2) is 43.1 Å². The summed E-state index contributed by atoms with van der Waals surface area (Å²) in [5.74, 6) is -1.95. The number of hydrogen-bond donors (Lipinski definition) is 1. The Balaban J connectivity index is 1.93. The van der Waals surface area contributed by atoms with E-state index in [4.69, 9.17) is 5.11 Å². The standard InChI is InChI=1S/C18H16F3N3O3/c1-2-9-23(12-7-8-12)16(25)11-3-5-13(6-4-11)24-15(18(19,20)21)14(10-22-24)17(26)27/h2-6,10,12H,1,7-9H2,(H,26,27). The molecule has 1 aromatic heterocycles. The highest BCUT2D eigenvalue weighted by Crippen LogP contribution is 2.34. The topological polar surface area (TPSA) is 75.4 Å². The van der Waals surface area contributed by atoms with Crippen LogP contribution < -0.4 is 0 Å². The number of nitrogens with zero attached hydrogens (tertiary/aromatic N) is 3. The van der Waals surface area contributed by atoms with Crippen molar-refractivity contribution in [1.29, 1.82) is 0 Å². The lowest BCUT2D eigenvalue weighted by molar-refractivity contribution is -0.143. The second-order valence-corrected chi connectivity index (χ2v) is 6.15. The van der Waals surface area contributed by atoms with E-state index < -0.39 is 23.4 Å². The molecular weight excluding hydrogens is 363 g/mol. The SMILES string of the molecule is C=CCN(C(=O)c1ccc(-n2ncc(C(=O)O)c2C(F)(F)F)cc1)C1CC1. The Hall–Kier alpha value is -3.10. The van der Waals surface area contributed by atoms with E-state index in [9.17, 15) is 22.8 Å². The number of carboxylic acids is 1. The van der Waals surface area contributed by atoms with Gasteiger partial charge in [0.05, 0.1) is 11.9 Å². The van der Waals surface area contributed by atoms with Crippen molar-refractivity contribution in [3.63, 3.8) is 0 Å². The fraction of sp³-hybridized carbons (Fsp3) is 0.278. The van der Waals surface area contributed by atoms with Crippen LogP contribution in [0.25, 0.3) is 5.69 Å². The first-order valence-electron chi connectivity index (χ1n) is 8.15. The van der Waals surface area contributed by atoms with E-state index in [1.54, 1.807) is 11.0 Å². The van der Waals surface area contributed by atoms with Crippen LogP contribution in [0, 0.1) is 0 Å². The highest BCUT2D eigenvalue weighted by Gasteiger charge is 2.40. The monoisotopic (exact) mass is 379 g/mol. The minimum atomic E-state index is -4.90. The molecule has 0 aliphatic heterocycles. The Bertz CT molecular complexity index is 883. The molecule has 1 fully saturated rings. The number of amides is 1. The number of carbonyl (C=O) groups excluding carboxylic acids is 1. The fourth-order valence-electron chi connectivity index (χ4n) is 2.81. The van der Waals surface area contributed by atoms with E-state index in [-0.39, 0.29) is 17.6 Å². The van der Waals surface area contributed by atoms with Gasteiger partial charge in [0.15, 0.2) is 5.69 Å². The Kier molecular flexibility index (Phi) is 4.77. The number of alkyl halides is 3. The molecule has 1 aromatic carbocycles. The van der Waals surface area contributed by atoms with Gasteiger partial charge in [-0.2, -0.15) is 18.3 Å². The van der Waals surface area contributed by atoms with E-state index in [0.29, 0.717) is 23.0 Å². The lowest BCUT2D eigenvalue weighted by Crippen LogP contribution is -2.33. The van der Waals surface area contributed by atoms with Gasteiger partial charge in [0.25, 0.3) is 5.91 Å². The highest BCUT2D eigenvalue weighted by molar-refractivity contribution is 5.95. The van der Waals surface area contributed by atoms with Crippen molar-refractivity contribution in [2.75, 3.05) is 6.54 Å². The number of halogens is 3. The number of benzene rings is 1. The molecule has 0 spiro atoms. The van der Waals surface area contributed by atoms with E-state index in [0.717, 1.165) is 12.8 Å². The second kappa shape index (κ2) is 6.90. The summed E-state index contributed by atoms with van der Waals surface area (Å²) in [6, 6.07) is 5.58. The normalized spacial score (nSPS) is 14.0. The summed E-state index contributed by atoms with van der Waals surface area (Å²) in [6.07, 6.45) is -0.790. The molecule has 1 N–H and O–H groups in total. The molecule has 27 heavy (non-hydrogen) atoms. The van der Waals surface area contributed by atoms with E-state index >= 15 is 0 Å². The average molecular weight is 379 g/mol. The number of rotatable bonds is 6. The molecule has 3 rings (SSSR count). The van der Waals surface area contributed by atoms with Crippen LogP contribution in [0.5, 0.6) is 0 Å². The van der Waals surface area contributed by atoms with Crippen LogP contribution in [0.1, 0.15) is 39.3 Å². The zero-order chi connectivity index (χ0) is 19.8. The fourth-order valence-corrected chi connectivity index (χ4v) is 2.81. The van der Waals surface area contributed by atoms with Gasteiger partial charge in [0.2, 0.25) is 0 Å². The lowest BCUT2D eigenvalue weighted by atomic mass is 10.1. The second-order valence-electron chi connectivity index (χ2n) is 6.15. The quantitative estimate of drug-likeness (QED) is 0.781. The number of hydrogen-bond acceptors (Lipinski definition) is 3. The van der Waals surface area contributed by atoms with Gasteiger partial charge in [-0.05, 0) is 37.1 Å². The minimum Gasteiger partial charge on any atom is -0.478 e. The maximum Gasteiger partial charge on any atom is 0.434 e. The molecule has 0 atom stereocenters. The van der Waals surface area contributed by atoms with Gasteiger partial charge in [-0.25, -0.2) is 9.48 Å². The molecule has 142 valence electrons. The predicted molar refractivity (Wildman–Crippen MR) is 89.8 cm³/mol. The molecule has 0 unspecified atom stereocenters. The third-order valence-electron chi connectivity index (χ3n) is 4.20. The van der Waals surface area contributed by atoms with Crippen molar-refractivity contribution >= 4 is 11.9 Å². The van der Waals surface area contributed by atoms with Crippen molar-refractivity contribution < 1.29 is 27.9 Å². The third-order valence-corrected chi connectivity index (χ3v) is 4.20. The molecule has 1 aliphatic rings. The molecule has 9 heteroatoms. The van der Waals surface area contributed by atoms with Gasteiger partial charge >= 0.3 is 12.1 Å². The van der Waals surface area contributed by atoms with Gasteiger partial charge < -0.3 is 10.0 Å². The number of aromatic nitrogens is 2. The van der Waals surface area contributed by atoms with E-state index in [1.807, 2.05) is 0 Å². The molecule has 2 aromatic rings. The first-order chi connectivity index (χ1) is 12.7. The molecule has 1 amide bonds.